The van der Waals surface area contributed by atoms with Crippen molar-refractivity contribution in [1.29, 1.82) is 0 Å². The number of anilines is 1. The molecule has 4 rings (SSSR count). The van der Waals surface area contributed by atoms with Crippen LogP contribution in [0.15, 0.2) is 30.6 Å². The third-order valence-corrected chi connectivity index (χ3v) is 6.74. The summed E-state index contributed by atoms with van der Waals surface area (Å²) in [6, 6.07) is 5.09. The number of hydrogen-bond acceptors (Lipinski definition) is 6. The van der Waals surface area contributed by atoms with Crippen LogP contribution >= 0.6 is 0 Å². The average molecular weight is 464 g/mol. The maximum absolute atomic E-state index is 13.2. The molecule has 6 nitrogen and oxygen atoms in total. The first kappa shape index (κ1) is 23.5. The number of carbonyl (C=O) groups is 1. The van der Waals surface area contributed by atoms with Gasteiger partial charge < -0.3 is 19.6 Å². The van der Waals surface area contributed by atoms with Gasteiger partial charge in [0.25, 0.3) is 0 Å². The number of likely N-dealkylation sites (N-methyl/N-ethyl adjacent to an activating group) is 1. The second-order valence-corrected chi connectivity index (χ2v) is 9.09. The lowest BCUT2D eigenvalue weighted by molar-refractivity contribution is -0.259. The Morgan fingerprint density at radius 2 is 1.85 bits per heavy atom. The summed E-state index contributed by atoms with van der Waals surface area (Å²) < 4.78 is 45.3. The second kappa shape index (κ2) is 8.61. The fraction of sp³-hybridized carbons (Fsp3) is 0.500. The van der Waals surface area contributed by atoms with Crippen LogP contribution in [0.25, 0.3) is 0 Å². The van der Waals surface area contributed by atoms with E-state index in [-0.39, 0.29) is 17.8 Å². The molecule has 0 spiro atoms. The van der Waals surface area contributed by atoms with E-state index in [1.807, 2.05) is 6.07 Å². The number of Topliss-reactive ketones (excluding diaryl/α,β-unsaturated/α-hetero) is 1. The van der Waals surface area contributed by atoms with Crippen LogP contribution in [-0.2, 0) is 18.4 Å². The van der Waals surface area contributed by atoms with Gasteiger partial charge >= 0.3 is 6.18 Å². The maximum Gasteiger partial charge on any atom is 0.421 e. The molecule has 0 saturated carbocycles. The highest BCUT2D eigenvalue weighted by atomic mass is 19.4. The van der Waals surface area contributed by atoms with E-state index in [1.54, 1.807) is 13.2 Å². The van der Waals surface area contributed by atoms with Crippen LogP contribution in [-0.4, -0.2) is 67.3 Å². The van der Waals surface area contributed by atoms with Crippen LogP contribution in [0.4, 0.5) is 18.9 Å². The van der Waals surface area contributed by atoms with Gasteiger partial charge in [-0.1, -0.05) is 0 Å². The number of benzene rings is 1. The number of alkyl halides is 3. The van der Waals surface area contributed by atoms with E-state index in [4.69, 9.17) is 4.74 Å². The Balaban J connectivity index is 1.56. The summed E-state index contributed by atoms with van der Waals surface area (Å²) >= 11 is 0. The molecule has 1 aromatic heterocycles. The van der Waals surface area contributed by atoms with Crippen molar-refractivity contribution in [2.75, 3.05) is 45.2 Å². The summed E-state index contributed by atoms with van der Waals surface area (Å²) in [7, 11) is 3.67. The number of ether oxygens (including phenoxy) is 1. The normalized spacial score (nSPS) is 21.1. The van der Waals surface area contributed by atoms with Gasteiger partial charge in [-0.25, -0.2) is 0 Å². The topological polar surface area (TPSA) is 65.9 Å². The first-order valence-electron chi connectivity index (χ1n) is 10.9. The average Bonchev–Trinajstić information content (AvgIpc) is 3.07. The number of hydrogen-bond donors (Lipinski definition) is 1. The number of methoxy groups -OCH3 is 1. The van der Waals surface area contributed by atoms with Crippen LogP contribution < -0.4 is 9.64 Å². The lowest BCUT2D eigenvalue weighted by atomic mass is 9.92. The van der Waals surface area contributed by atoms with Crippen molar-refractivity contribution in [2.45, 2.75) is 31.5 Å². The van der Waals surface area contributed by atoms with Crippen molar-refractivity contribution in [1.82, 2.24) is 9.88 Å². The molecule has 9 heteroatoms. The van der Waals surface area contributed by atoms with E-state index < -0.39 is 17.7 Å². The fourth-order valence-corrected chi connectivity index (χ4v) is 4.52. The number of piperazine rings is 1. The molecule has 2 unspecified atom stereocenters. The highest BCUT2D eigenvalue weighted by Gasteiger charge is 2.51. The molecule has 1 aromatic carbocycles. The fourth-order valence-electron chi connectivity index (χ4n) is 4.52. The van der Waals surface area contributed by atoms with Crippen molar-refractivity contribution in [3.8, 4) is 5.75 Å². The molecule has 178 valence electrons. The zero-order chi connectivity index (χ0) is 24.0. The van der Waals surface area contributed by atoms with Gasteiger partial charge in [-0.15, -0.1) is 0 Å². The number of aromatic nitrogens is 1. The molecule has 2 heterocycles. The maximum atomic E-state index is 13.2. The quantitative estimate of drug-likeness (QED) is 0.735. The summed E-state index contributed by atoms with van der Waals surface area (Å²) in [4.78, 5) is 21.5. The van der Waals surface area contributed by atoms with E-state index >= 15 is 0 Å². The minimum Gasteiger partial charge on any atom is -0.495 e. The Bertz CT molecular complexity index is 1050. The predicted octanol–water partition coefficient (Wildman–Crippen LogP) is 3.21. The zero-order valence-corrected chi connectivity index (χ0v) is 18.9. The number of aliphatic hydroxyl groups is 1. The third-order valence-electron chi connectivity index (χ3n) is 6.74. The molecule has 1 saturated heterocycles. The number of halogens is 3. The summed E-state index contributed by atoms with van der Waals surface area (Å²) in [5, 5.41) is 9.98. The number of pyridine rings is 1. The predicted molar refractivity (Wildman–Crippen MR) is 118 cm³/mol. The Morgan fingerprint density at radius 3 is 2.48 bits per heavy atom. The third kappa shape index (κ3) is 4.44. The molecule has 1 aliphatic carbocycles. The van der Waals surface area contributed by atoms with Crippen LogP contribution in [0.2, 0.25) is 0 Å². The summed E-state index contributed by atoms with van der Waals surface area (Å²) in [5.41, 5.74) is -0.387. The Hall–Kier alpha value is -2.65. The minimum absolute atomic E-state index is 0.0544. The molecule has 33 heavy (non-hydrogen) atoms. The molecule has 0 bridgehead atoms. The van der Waals surface area contributed by atoms with Crippen molar-refractivity contribution in [2.24, 2.45) is 5.92 Å². The van der Waals surface area contributed by atoms with Gasteiger partial charge in [0, 0.05) is 55.6 Å². The summed E-state index contributed by atoms with van der Waals surface area (Å²) in [6.07, 6.45) is -1.63. The van der Waals surface area contributed by atoms with Crippen molar-refractivity contribution in [3.05, 3.63) is 52.8 Å². The number of ketones is 1. The van der Waals surface area contributed by atoms with Crippen molar-refractivity contribution < 1.29 is 27.8 Å². The highest BCUT2D eigenvalue weighted by molar-refractivity contribution is 6.03. The standard InChI is InChI=1S/C24H28F3N3O3/c1-23(32,24(25,26)27)18-9-15(13-28-14-18)8-17-10-16-11-20(30-6-4-29(2)5-7-30)21(33-3)12-19(16)22(17)31/h9,11-14,17,32H,4-8,10H2,1-3H3. The van der Waals surface area contributed by atoms with Crippen LogP contribution in [0.3, 0.4) is 0 Å². The Labute approximate surface area is 191 Å². The van der Waals surface area contributed by atoms with Gasteiger partial charge in [0.05, 0.1) is 12.8 Å². The van der Waals surface area contributed by atoms with Crippen molar-refractivity contribution >= 4 is 11.5 Å². The van der Waals surface area contributed by atoms with Gasteiger partial charge in [-0.3, -0.25) is 9.78 Å². The van der Waals surface area contributed by atoms with Gasteiger partial charge in [0.15, 0.2) is 11.4 Å². The SMILES string of the molecule is COc1cc2c(cc1N1CCN(C)CC1)CC(Cc1cncc(C(C)(O)C(F)(F)F)c1)C2=O. The smallest absolute Gasteiger partial charge is 0.421 e. The van der Waals surface area contributed by atoms with Crippen LogP contribution in [0, 0.1) is 5.92 Å². The monoisotopic (exact) mass is 463 g/mol. The Kier molecular flexibility index (Phi) is 6.13. The molecule has 0 amide bonds. The summed E-state index contributed by atoms with van der Waals surface area (Å²) in [6.45, 7) is 4.30. The number of nitrogens with zero attached hydrogens (tertiary/aromatic N) is 3. The number of carbonyl (C=O) groups excluding carboxylic acids is 1. The van der Waals surface area contributed by atoms with Crippen LogP contribution in [0.5, 0.6) is 5.75 Å². The second-order valence-electron chi connectivity index (χ2n) is 9.09. The molecular formula is C24H28F3N3O3. The minimum atomic E-state index is -4.83. The molecule has 1 aliphatic heterocycles. The Morgan fingerprint density at radius 1 is 1.15 bits per heavy atom. The van der Waals surface area contributed by atoms with E-state index in [1.165, 1.54) is 12.3 Å². The molecule has 2 atom stereocenters. The van der Waals surface area contributed by atoms with Gasteiger partial charge in [-0.05, 0) is 56.1 Å². The first-order valence-corrected chi connectivity index (χ1v) is 10.9. The van der Waals surface area contributed by atoms with E-state index in [0.29, 0.717) is 30.2 Å². The molecular weight excluding hydrogens is 435 g/mol. The van der Waals surface area contributed by atoms with E-state index in [9.17, 15) is 23.1 Å². The van der Waals surface area contributed by atoms with E-state index in [2.05, 4.69) is 21.8 Å². The van der Waals surface area contributed by atoms with E-state index in [0.717, 1.165) is 43.6 Å². The first-order chi connectivity index (χ1) is 15.5. The van der Waals surface area contributed by atoms with Gasteiger partial charge in [0.2, 0.25) is 0 Å². The largest absolute Gasteiger partial charge is 0.495 e. The molecule has 1 N–H and O–H groups in total. The van der Waals surface area contributed by atoms with Crippen molar-refractivity contribution in [3.63, 3.8) is 0 Å². The zero-order valence-electron chi connectivity index (χ0n) is 18.9. The van der Waals surface area contributed by atoms with Gasteiger partial charge in [0.1, 0.15) is 5.75 Å². The molecule has 1 fully saturated rings. The molecule has 2 aliphatic rings. The number of rotatable bonds is 5. The van der Waals surface area contributed by atoms with Crippen LogP contribution in [0.1, 0.15) is 34.0 Å². The highest BCUT2D eigenvalue weighted by Crippen LogP contribution is 2.40. The number of fused-ring (bicyclic) bond motifs is 1. The molecule has 0 radical (unpaired) electrons. The lowest BCUT2D eigenvalue weighted by Gasteiger charge is -2.35. The summed E-state index contributed by atoms with van der Waals surface area (Å²) in [5.74, 6) is 0.193. The lowest BCUT2D eigenvalue weighted by Crippen LogP contribution is -2.44. The van der Waals surface area contributed by atoms with Gasteiger partial charge in [-0.2, -0.15) is 13.2 Å². The molecule has 2 aromatic rings.